The summed E-state index contributed by atoms with van der Waals surface area (Å²) in [5.74, 6) is -0.367. The zero-order chi connectivity index (χ0) is 11.7. The van der Waals surface area contributed by atoms with Crippen molar-refractivity contribution in [1.82, 2.24) is 0 Å². The van der Waals surface area contributed by atoms with Crippen molar-refractivity contribution >= 4 is 33.9 Å². The van der Waals surface area contributed by atoms with E-state index in [1.54, 1.807) is 24.3 Å². The molecule has 0 heterocycles. The minimum atomic E-state index is -0.786. The summed E-state index contributed by atoms with van der Waals surface area (Å²) < 4.78 is 0. The Labute approximate surface area is 96.3 Å². The Morgan fingerprint density at radius 1 is 1.31 bits per heavy atom. The van der Waals surface area contributed by atoms with E-state index < -0.39 is 5.24 Å². The van der Waals surface area contributed by atoms with Crippen molar-refractivity contribution in [3.63, 3.8) is 0 Å². The maximum atomic E-state index is 11.1. The number of benzene rings is 2. The summed E-state index contributed by atoms with van der Waals surface area (Å²) in [5, 5.41) is 10.2. The lowest BCUT2D eigenvalue weighted by molar-refractivity contribution is 0.107. The predicted molar refractivity (Wildman–Crippen MR) is 61.2 cm³/mol. The molecule has 0 aliphatic heterocycles. The molecule has 0 fully saturated rings. The number of aldehydes is 1. The molecule has 2 rings (SSSR count). The number of carbonyl (C=O) groups is 2. The lowest BCUT2D eigenvalue weighted by atomic mass is 10.0. The molecule has 0 atom stereocenters. The highest BCUT2D eigenvalue weighted by Crippen LogP contribution is 2.30. The Hall–Kier alpha value is -1.87. The van der Waals surface area contributed by atoms with Crippen LogP contribution in [0.25, 0.3) is 10.8 Å². The van der Waals surface area contributed by atoms with Gasteiger partial charge in [0, 0.05) is 0 Å². The maximum Gasteiger partial charge on any atom is 0.256 e. The monoisotopic (exact) mass is 234 g/mol. The third-order valence-corrected chi connectivity index (χ3v) is 2.59. The molecule has 0 spiro atoms. The number of phenolic OH excluding ortho intramolecular Hbond substituents is 1. The first kappa shape index (κ1) is 10.6. The molecule has 0 radical (unpaired) electrons. The number of fused-ring (bicyclic) bond motifs is 1. The molecule has 0 aliphatic carbocycles. The van der Waals surface area contributed by atoms with Crippen molar-refractivity contribution in [3.8, 4) is 5.75 Å². The van der Waals surface area contributed by atoms with E-state index in [2.05, 4.69) is 0 Å². The van der Waals surface area contributed by atoms with Gasteiger partial charge in [-0.3, -0.25) is 9.59 Å². The van der Waals surface area contributed by atoms with E-state index in [9.17, 15) is 14.7 Å². The summed E-state index contributed by atoms with van der Waals surface area (Å²) in [6.45, 7) is 0. The SMILES string of the molecule is O=Cc1c(O)c(C(=O)Cl)cc2ccccc12. The van der Waals surface area contributed by atoms with Crippen molar-refractivity contribution in [1.29, 1.82) is 0 Å². The van der Waals surface area contributed by atoms with E-state index in [-0.39, 0.29) is 16.9 Å². The van der Waals surface area contributed by atoms with Gasteiger partial charge in [0.2, 0.25) is 0 Å². The molecular weight excluding hydrogens is 228 g/mol. The van der Waals surface area contributed by atoms with E-state index in [0.717, 1.165) is 0 Å². The van der Waals surface area contributed by atoms with Crippen LogP contribution in [0.2, 0.25) is 0 Å². The van der Waals surface area contributed by atoms with Crippen molar-refractivity contribution in [3.05, 3.63) is 41.5 Å². The topological polar surface area (TPSA) is 54.4 Å². The molecule has 3 nitrogen and oxygen atoms in total. The van der Waals surface area contributed by atoms with Crippen LogP contribution in [0, 0.1) is 0 Å². The lowest BCUT2D eigenvalue weighted by Gasteiger charge is -2.06. The second-order valence-corrected chi connectivity index (χ2v) is 3.64. The average molecular weight is 235 g/mol. The van der Waals surface area contributed by atoms with Crippen molar-refractivity contribution in [2.75, 3.05) is 0 Å². The first-order chi connectivity index (χ1) is 7.65. The fourth-order valence-corrected chi connectivity index (χ4v) is 1.78. The minimum absolute atomic E-state index is 0.0533. The van der Waals surface area contributed by atoms with Crippen molar-refractivity contribution in [2.24, 2.45) is 0 Å². The Kier molecular flexibility index (Phi) is 2.62. The van der Waals surface area contributed by atoms with Crippen LogP contribution in [0.4, 0.5) is 0 Å². The normalized spacial score (nSPS) is 10.3. The fourth-order valence-electron chi connectivity index (χ4n) is 1.63. The third kappa shape index (κ3) is 1.55. The molecule has 0 aromatic heterocycles. The Morgan fingerprint density at radius 2 is 2.00 bits per heavy atom. The zero-order valence-corrected chi connectivity index (χ0v) is 8.86. The Morgan fingerprint density at radius 3 is 2.62 bits per heavy atom. The van der Waals surface area contributed by atoms with Crippen molar-refractivity contribution < 1.29 is 14.7 Å². The molecule has 0 bridgehead atoms. The molecule has 16 heavy (non-hydrogen) atoms. The summed E-state index contributed by atoms with van der Waals surface area (Å²) in [7, 11) is 0. The first-order valence-electron chi connectivity index (χ1n) is 4.55. The van der Waals surface area contributed by atoms with Gasteiger partial charge in [0.1, 0.15) is 5.75 Å². The summed E-state index contributed by atoms with van der Waals surface area (Å²) in [5.41, 5.74) is 0.0320. The van der Waals surface area contributed by atoms with Crippen LogP contribution in [-0.2, 0) is 0 Å². The average Bonchev–Trinajstić information content (AvgIpc) is 2.28. The molecule has 0 saturated heterocycles. The summed E-state index contributed by atoms with van der Waals surface area (Å²) in [6, 6.07) is 8.42. The molecule has 4 heteroatoms. The number of carbonyl (C=O) groups excluding carboxylic acids is 2. The largest absolute Gasteiger partial charge is 0.506 e. The second kappa shape index (κ2) is 3.94. The maximum absolute atomic E-state index is 11.1. The quantitative estimate of drug-likeness (QED) is 0.642. The van der Waals surface area contributed by atoms with Gasteiger partial charge in [0.15, 0.2) is 6.29 Å². The number of aromatic hydroxyl groups is 1. The van der Waals surface area contributed by atoms with E-state index >= 15 is 0 Å². The van der Waals surface area contributed by atoms with E-state index in [1.165, 1.54) is 6.07 Å². The molecule has 80 valence electrons. The van der Waals surface area contributed by atoms with Gasteiger partial charge in [-0.15, -0.1) is 0 Å². The van der Waals surface area contributed by atoms with Gasteiger partial charge in [0.25, 0.3) is 5.24 Å². The van der Waals surface area contributed by atoms with E-state index in [1.807, 2.05) is 0 Å². The van der Waals surface area contributed by atoms with Gasteiger partial charge >= 0.3 is 0 Å². The van der Waals surface area contributed by atoms with Gasteiger partial charge in [-0.2, -0.15) is 0 Å². The molecule has 0 unspecified atom stereocenters. The Bertz CT molecular complexity index is 590. The molecule has 0 aliphatic rings. The standard InChI is InChI=1S/C12H7ClO3/c13-12(16)9-5-7-3-1-2-4-8(7)10(6-14)11(9)15/h1-6,15H. The van der Waals surface area contributed by atoms with Crippen LogP contribution in [0.15, 0.2) is 30.3 Å². The highest BCUT2D eigenvalue weighted by atomic mass is 35.5. The van der Waals surface area contributed by atoms with Crippen LogP contribution in [0.3, 0.4) is 0 Å². The first-order valence-corrected chi connectivity index (χ1v) is 4.92. The highest BCUT2D eigenvalue weighted by Gasteiger charge is 2.15. The molecule has 0 saturated carbocycles. The Balaban J connectivity index is 2.93. The third-order valence-electron chi connectivity index (χ3n) is 2.39. The van der Waals surface area contributed by atoms with Crippen LogP contribution in [0.5, 0.6) is 5.75 Å². The molecular formula is C12H7ClO3. The number of rotatable bonds is 2. The highest BCUT2D eigenvalue weighted by molar-refractivity contribution is 6.68. The van der Waals surface area contributed by atoms with E-state index in [4.69, 9.17) is 11.6 Å². The number of hydrogen-bond acceptors (Lipinski definition) is 3. The van der Waals surface area contributed by atoms with E-state index in [0.29, 0.717) is 17.1 Å². The summed E-state index contributed by atoms with van der Waals surface area (Å²) in [6.07, 6.45) is 0.515. The number of hydrogen-bond donors (Lipinski definition) is 1. The number of phenols is 1. The second-order valence-electron chi connectivity index (χ2n) is 3.30. The predicted octanol–water partition coefficient (Wildman–Crippen LogP) is 2.74. The van der Waals surface area contributed by atoms with Crippen LogP contribution in [0.1, 0.15) is 20.7 Å². The molecule has 0 amide bonds. The summed E-state index contributed by atoms with van der Waals surface area (Å²) >= 11 is 5.32. The van der Waals surface area contributed by atoms with Gasteiger partial charge in [-0.25, -0.2) is 0 Å². The van der Waals surface area contributed by atoms with Gasteiger partial charge < -0.3 is 5.11 Å². The smallest absolute Gasteiger partial charge is 0.256 e. The summed E-state index contributed by atoms with van der Waals surface area (Å²) in [4.78, 5) is 22.0. The molecule has 1 N–H and O–H groups in total. The van der Waals surface area contributed by atoms with Crippen LogP contribution < -0.4 is 0 Å². The fraction of sp³-hybridized carbons (Fsp3) is 0. The zero-order valence-electron chi connectivity index (χ0n) is 8.11. The lowest BCUT2D eigenvalue weighted by Crippen LogP contribution is -1.95. The van der Waals surface area contributed by atoms with Crippen LogP contribution >= 0.6 is 11.6 Å². The molecule has 2 aromatic rings. The van der Waals surface area contributed by atoms with Crippen molar-refractivity contribution in [2.45, 2.75) is 0 Å². The number of halogens is 1. The van der Waals surface area contributed by atoms with Gasteiger partial charge in [-0.1, -0.05) is 24.3 Å². The minimum Gasteiger partial charge on any atom is -0.506 e. The molecule has 2 aromatic carbocycles. The van der Waals surface area contributed by atoms with Crippen LogP contribution in [-0.4, -0.2) is 16.6 Å². The van der Waals surface area contributed by atoms with Gasteiger partial charge in [0.05, 0.1) is 11.1 Å². The van der Waals surface area contributed by atoms with Gasteiger partial charge in [-0.05, 0) is 28.4 Å².